The normalized spacial score (nSPS) is 19.6. The van der Waals surface area contributed by atoms with Crippen molar-refractivity contribution in [3.63, 3.8) is 0 Å². The Morgan fingerprint density at radius 1 is 1.53 bits per heavy atom. The molecule has 0 fully saturated rings. The van der Waals surface area contributed by atoms with Gasteiger partial charge in [-0.1, -0.05) is 25.6 Å². The van der Waals surface area contributed by atoms with Gasteiger partial charge < -0.3 is 5.32 Å². The number of hydrogen-bond donors (Lipinski definition) is 1. The zero-order valence-corrected chi connectivity index (χ0v) is 12.7. The van der Waals surface area contributed by atoms with Crippen LogP contribution >= 0.6 is 34.4 Å². The van der Waals surface area contributed by atoms with E-state index in [1.807, 2.05) is 0 Å². The Morgan fingerprint density at radius 3 is 2.88 bits per heavy atom. The van der Waals surface area contributed by atoms with Crippen LogP contribution in [0.2, 0.25) is 0 Å². The maximum atomic E-state index is 13.0. The summed E-state index contributed by atoms with van der Waals surface area (Å²) in [4.78, 5) is 4.62. The van der Waals surface area contributed by atoms with E-state index in [1.165, 1.54) is 12.1 Å². The van der Waals surface area contributed by atoms with Crippen LogP contribution in [0.25, 0.3) is 0 Å². The van der Waals surface area contributed by atoms with Crippen molar-refractivity contribution in [2.45, 2.75) is 19.9 Å². The molecule has 2 nitrogen and oxygen atoms in total. The molecule has 2 rings (SSSR count). The quantitative estimate of drug-likeness (QED) is 0.804. The van der Waals surface area contributed by atoms with Crippen LogP contribution < -0.4 is 5.32 Å². The third-order valence-corrected chi connectivity index (χ3v) is 4.50. The molecule has 1 unspecified atom stereocenters. The summed E-state index contributed by atoms with van der Waals surface area (Å²) in [5.41, 5.74) is 0.919. The van der Waals surface area contributed by atoms with Crippen LogP contribution in [0.5, 0.6) is 0 Å². The first-order valence-electron chi connectivity index (χ1n) is 5.49. The molecular weight excluding hydrogens is 350 g/mol. The maximum Gasteiger partial charge on any atom is 0.161 e. The minimum Gasteiger partial charge on any atom is -0.334 e. The highest BCUT2D eigenvalue weighted by atomic mass is 127. The smallest absolute Gasteiger partial charge is 0.161 e. The Balaban J connectivity index is 2.09. The summed E-state index contributed by atoms with van der Waals surface area (Å²) < 4.78 is 13.8. The summed E-state index contributed by atoms with van der Waals surface area (Å²) in [5, 5.41) is 4.20. The Bertz CT molecular complexity index is 448. The minimum absolute atomic E-state index is 0.207. The number of nitrogens with zero attached hydrogens (tertiary/aromatic N) is 1. The molecule has 0 spiro atoms. The van der Waals surface area contributed by atoms with E-state index >= 15 is 0 Å². The van der Waals surface area contributed by atoms with Crippen molar-refractivity contribution in [3.8, 4) is 0 Å². The number of benzene rings is 1. The summed E-state index contributed by atoms with van der Waals surface area (Å²) >= 11 is 3.85. The molecule has 92 valence electrons. The fourth-order valence-corrected chi connectivity index (χ4v) is 3.30. The Kier molecular flexibility index (Phi) is 4.30. The van der Waals surface area contributed by atoms with Gasteiger partial charge in [-0.25, -0.2) is 4.39 Å². The lowest BCUT2D eigenvalue weighted by Gasteiger charge is -2.08. The largest absolute Gasteiger partial charge is 0.334 e. The molecule has 1 aromatic carbocycles. The Labute approximate surface area is 119 Å². The molecular formula is C12H14FIN2S. The number of nitrogens with one attached hydrogen (secondary N) is 1. The van der Waals surface area contributed by atoms with Crippen LogP contribution in [0.15, 0.2) is 23.2 Å². The van der Waals surface area contributed by atoms with Gasteiger partial charge in [0.15, 0.2) is 5.17 Å². The molecule has 0 saturated carbocycles. The van der Waals surface area contributed by atoms with Gasteiger partial charge in [-0.3, -0.25) is 4.99 Å². The molecule has 1 atom stereocenters. The molecule has 0 aliphatic carbocycles. The fourth-order valence-electron chi connectivity index (χ4n) is 1.51. The van der Waals surface area contributed by atoms with Crippen LogP contribution in [0.1, 0.15) is 13.8 Å². The molecule has 0 radical (unpaired) electrons. The molecule has 0 saturated heterocycles. The number of anilines is 1. The summed E-state index contributed by atoms with van der Waals surface area (Å²) in [6, 6.07) is 5.12. The molecule has 1 aromatic rings. The van der Waals surface area contributed by atoms with Crippen LogP contribution in [0.4, 0.5) is 10.1 Å². The molecule has 0 aromatic heterocycles. The van der Waals surface area contributed by atoms with Crippen LogP contribution in [-0.4, -0.2) is 17.0 Å². The molecule has 0 amide bonds. The number of rotatable bonds is 2. The van der Waals surface area contributed by atoms with Gasteiger partial charge >= 0.3 is 0 Å². The standard InChI is InChI=1S/C12H14FIN2S/c1-7(2)11-6-17-12(16-11)15-10-4-3-8(13)5-9(10)14/h3-5,7,11H,6H2,1-2H3,(H,15,16). The lowest BCUT2D eigenvalue weighted by atomic mass is 10.1. The summed E-state index contributed by atoms with van der Waals surface area (Å²) in [7, 11) is 0. The van der Waals surface area contributed by atoms with E-state index in [1.54, 1.807) is 17.8 Å². The molecule has 1 heterocycles. The van der Waals surface area contributed by atoms with E-state index in [4.69, 9.17) is 0 Å². The van der Waals surface area contributed by atoms with Crippen molar-refractivity contribution in [2.24, 2.45) is 10.9 Å². The first kappa shape index (κ1) is 13.1. The average Bonchev–Trinajstić information content (AvgIpc) is 2.71. The Hall–Kier alpha value is -0.300. The van der Waals surface area contributed by atoms with Crippen molar-refractivity contribution < 1.29 is 4.39 Å². The highest BCUT2D eigenvalue weighted by Gasteiger charge is 2.21. The second kappa shape index (κ2) is 5.56. The second-order valence-electron chi connectivity index (χ2n) is 4.31. The fraction of sp³-hybridized carbons (Fsp3) is 0.417. The third-order valence-electron chi connectivity index (χ3n) is 2.62. The van der Waals surface area contributed by atoms with Gasteiger partial charge in [0.05, 0.1) is 11.7 Å². The second-order valence-corrected chi connectivity index (χ2v) is 6.48. The molecule has 1 N–H and O–H groups in total. The van der Waals surface area contributed by atoms with Crippen molar-refractivity contribution in [1.29, 1.82) is 0 Å². The van der Waals surface area contributed by atoms with Gasteiger partial charge in [-0.15, -0.1) is 0 Å². The predicted molar refractivity (Wildman–Crippen MR) is 81.3 cm³/mol. The predicted octanol–water partition coefficient (Wildman–Crippen LogP) is 3.97. The zero-order valence-electron chi connectivity index (χ0n) is 9.71. The molecule has 1 aliphatic heterocycles. The third kappa shape index (κ3) is 3.34. The topological polar surface area (TPSA) is 24.4 Å². The van der Waals surface area contributed by atoms with Crippen molar-refractivity contribution in [1.82, 2.24) is 0 Å². The number of aliphatic imine (C=N–C) groups is 1. The van der Waals surface area contributed by atoms with Gasteiger partial charge in [0, 0.05) is 9.32 Å². The lowest BCUT2D eigenvalue weighted by molar-refractivity contribution is 0.543. The van der Waals surface area contributed by atoms with Gasteiger partial charge in [0.1, 0.15) is 5.82 Å². The molecule has 1 aliphatic rings. The minimum atomic E-state index is -0.207. The van der Waals surface area contributed by atoms with E-state index in [0.717, 1.165) is 20.2 Å². The first-order valence-corrected chi connectivity index (χ1v) is 7.55. The monoisotopic (exact) mass is 364 g/mol. The SMILES string of the molecule is CC(C)C1CSC(Nc2ccc(F)cc2I)=N1. The van der Waals surface area contributed by atoms with Crippen molar-refractivity contribution in [2.75, 3.05) is 11.1 Å². The summed E-state index contributed by atoms with van der Waals surface area (Å²) in [5.74, 6) is 1.38. The summed E-state index contributed by atoms with van der Waals surface area (Å²) in [6.45, 7) is 4.36. The molecule has 17 heavy (non-hydrogen) atoms. The van der Waals surface area contributed by atoms with E-state index in [9.17, 15) is 4.39 Å². The lowest BCUT2D eigenvalue weighted by Crippen LogP contribution is -2.12. The highest BCUT2D eigenvalue weighted by molar-refractivity contribution is 14.1. The van der Waals surface area contributed by atoms with Crippen LogP contribution in [0, 0.1) is 15.3 Å². The molecule has 0 bridgehead atoms. The Morgan fingerprint density at radius 2 is 2.29 bits per heavy atom. The van der Waals surface area contributed by atoms with Gasteiger partial charge in [0.25, 0.3) is 0 Å². The van der Waals surface area contributed by atoms with E-state index in [0.29, 0.717) is 12.0 Å². The highest BCUT2D eigenvalue weighted by Crippen LogP contribution is 2.26. The molecule has 5 heteroatoms. The summed E-state index contributed by atoms with van der Waals surface area (Å²) in [6.07, 6.45) is 0. The number of amidine groups is 1. The van der Waals surface area contributed by atoms with E-state index in [2.05, 4.69) is 46.7 Å². The van der Waals surface area contributed by atoms with Crippen LogP contribution in [-0.2, 0) is 0 Å². The zero-order chi connectivity index (χ0) is 12.4. The maximum absolute atomic E-state index is 13.0. The van der Waals surface area contributed by atoms with Crippen molar-refractivity contribution >= 4 is 45.2 Å². The average molecular weight is 364 g/mol. The van der Waals surface area contributed by atoms with Gasteiger partial charge in [-0.05, 0) is 46.7 Å². The first-order chi connectivity index (χ1) is 8.06. The van der Waals surface area contributed by atoms with E-state index in [-0.39, 0.29) is 5.82 Å². The number of hydrogen-bond acceptors (Lipinski definition) is 3. The van der Waals surface area contributed by atoms with E-state index < -0.39 is 0 Å². The van der Waals surface area contributed by atoms with Gasteiger partial charge in [-0.2, -0.15) is 0 Å². The number of halogens is 2. The van der Waals surface area contributed by atoms with Gasteiger partial charge in [0.2, 0.25) is 0 Å². The van der Waals surface area contributed by atoms with Crippen LogP contribution in [0.3, 0.4) is 0 Å². The van der Waals surface area contributed by atoms with Crippen molar-refractivity contribution in [3.05, 3.63) is 27.6 Å². The number of thioether (sulfide) groups is 1.